The molecule has 10 heteroatoms. The topological polar surface area (TPSA) is 86.1 Å². The van der Waals surface area contributed by atoms with Crippen molar-refractivity contribution in [3.05, 3.63) is 57.6 Å². The van der Waals surface area contributed by atoms with Gasteiger partial charge in [0.1, 0.15) is 10.4 Å². The van der Waals surface area contributed by atoms with Gasteiger partial charge in [-0.05, 0) is 35.7 Å². The summed E-state index contributed by atoms with van der Waals surface area (Å²) < 4.78 is 7.29. The van der Waals surface area contributed by atoms with Crippen molar-refractivity contribution in [3.63, 3.8) is 0 Å². The van der Waals surface area contributed by atoms with Crippen molar-refractivity contribution in [1.29, 1.82) is 0 Å². The van der Waals surface area contributed by atoms with Crippen LogP contribution >= 0.6 is 34.4 Å². The van der Waals surface area contributed by atoms with Crippen LogP contribution in [0.25, 0.3) is 15.9 Å². The number of benzene rings is 1. The number of anilines is 1. The summed E-state index contributed by atoms with van der Waals surface area (Å²) in [6, 6.07) is 8.95. The highest BCUT2D eigenvalue weighted by molar-refractivity contribution is 7.99. The highest BCUT2D eigenvalue weighted by Crippen LogP contribution is 2.25. The molecule has 1 amide bonds. The van der Waals surface area contributed by atoms with E-state index in [2.05, 4.69) is 15.3 Å². The first-order valence-electron chi connectivity index (χ1n) is 8.12. The van der Waals surface area contributed by atoms with E-state index in [4.69, 9.17) is 4.74 Å². The van der Waals surface area contributed by atoms with Gasteiger partial charge in [-0.2, -0.15) is 0 Å². The Balaban J connectivity index is 1.67. The molecule has 0 saturated heterocycles. The highest BCUT2D eigenvalue weighted by Gasteiger charge is 2.16. The summed E-state index contributed by atoms with van der Waals surface area (Å²) >= 11 is 3.90. The molecule has 1 aromatic carbocycles. The largest absolute Gasteiger partial charge is 0.497 e. The number of hydrogen-bond acceptors (Lipinski definition) is 8. The fraction of sp³-hybridized carbons (Fsp3) is 0.111. The molecular weight excluding hydrogens is 416 g/mol. The van der Waals surface area contributed by atoms with Gasteiger partial charge in [-0.3, -0.25) is 14.2 Å². The number of thiazole rings is 1. The minimum absolute atomic E-state index is 0.109. The van der Waals surface area contributed by atoms with Gasteiger partial charge in [0.05, 0.1) is 24.1 Å². The van der Waals surface area contributed by atoms with Crippen LogP contribution in [0.5, 0.6) is 5.75 Å². The molecule has 3 heterocycles. The number of thioether (sulfide) groups is 1. The molecule has 0 aliphatic heterocycles. The van der Waals surface area contributed by atoms with Crippen molar-refractivity contribution in [2.75, 3.05) is 18.2 Å². The quantitative estimate of drug-likeness (QED) is 0.371. The third kappa shape index (κ3) is 3.79. The Hall–Kier alpha value is -2.69. The predicted octanol–water partition coefficient (Wildman–Crippen LogP) is 3.64. The number of methoxy groups -OCH3 is 1. The van der Waals surface area contributed by atoms with E-state index in [0.29, 0.717) is 31.9 Å². The average Bonchev–Trinajstić information content (AvgIpc) is 3.38. The van der Waals surface area contributed by atoms with Crippen molar-refractivity contribution < 1.29 is 9.53 Å². The molecule has 0 aliphatic carbocycles. The summed E-state index contributed by atoms with van der Waals surface area (Å²) in [6.07, 6.45) is 1.63. The molecule has 4 aromatic rings. The Morgan fingerprint density at radius 2 is 2.04 bits per heavy atom. The first-order valence-corrected chi connectivity index (χ1v) is 10.9. The third-order valence-corrected chi connectivity index (χ3v) is 6.31. The van der Waals surface area contributed by atoms with E-state index in [1.807, 2.05) is 5.38 Å². The average molecular weight is 431 g/mol. The van der Waals surface area contributed by atoms with Gasteiger partial charge in [0.25, 0.3) is 5.56 Å². The fourth-order valence-corrected chi connectivity index (χ4v) is 4.64. The lowest BCUT2D eigenvalue weighted by Crippen LogP contribution is -2.22. The van der Waals surface area contributed by atoms with Crippen molar-refractivity contribution >= 4 is 55.7 Å². The molecule has 0 spiro atoms. The van der Waals surface area contributed by atoms with E-state index in [9.17, 15) is 9.59 Å². The van der Waals surface area contributed by atoms with E-state index in [1.54, 1.807) is 49.0 Å². The number of fused-ring (bicyclic) bond motifs is 1. The number of carbonyl (C=O) groups excluding carboxylic acids is 1. The second kappa shape index (κ2) is 8.13. The number of nitrogens with one attached hydrogen (secondary N) is 1. The Bertz CT molecular complexity index is 1170. The van der Waals surface area contributed by atoms with Gasteiger partial charge in [-0.25, -0.2) is 9.97 Å². The number of ether oxygens (including phenoxy) is 1. The molecular formula is C18H14N4O3S3. The molecule has 3 aromatic heterocycles. The number of amides is 1. The van der Waals surface area contributed by atoms with Crippen LogP contribution in [0.1, 0.15) is 0 Å². The van der Waals surface area contributed by atoms with Crippen LogP contribution in [-0.4, -0.2) is 33.3 Å². The Morgan fingerprint density at radius 3 is 2.75 bits per heavy atom. The minimum atomic E-state index is -0.208. The van der Waals surface area contributed by atoms with Gasteiger partial charge in [0.15, 0.2) is 10.3 Å². The van der Waals surface area contributed by atoms with Gasteiger partial charge < -0.3 is 10.1 Å². The molecule has 7 nitrogen and oxygen atoms in total. The standard InChI is InChI=1S/C18H14N4O3S3/c1-25-12-4-2-11(3-5-12)22-16(24)15-13(6-8-26-15)20-18(22)28-10-14(23)21-17-19-7-9-27-17/h2-9H,10H2,1H3,(H,19,21,23). The van der Waals surface area contributed by atoms with Crippen LogP contribution in [0.3, 0.4) is 0 Å². The van der Waals surface area contributed by atoms with E-state index in [0.717, 1.165) is 0 Å². The zero-order valence-corrected chi connectivity index (χ0v) is 17.1. The predicted molar refractivity (Wildman–Crippen MR) is 113 cm³/mol. The molecule has 0 radical (unpaired) electrons. The van der Waals surface area contributed by atoms with Crippen molar-refractivity contribution in [1.82, 2.24) is 14.5 Å². The molecule has 1 N–H and O–H groups in total. The lowest BCUT2D eigenvalue weighted by atomic mass is 10.3. The third-order valence-electron chi connectivity index (χ3n) is 3.79. The first kappa shape index (κ1) is 18.7. The Kier molecular flexibility index (Phi) is 5.42. The monoisotopic (exact) mass is 430 g/mol. The van der Waals surface area contributed by atoms with Crippen molar-refractivity contribution in [2.45, 2.75) is 5.16 Å². The first-order chi connectivity index (χ1) is 13.7. The van der Waals surface area contributed by atoms with Gasteiger partial charge in [0, 0.05) is 11.6 Å². The molecule has 28 heavy (non-hydrogen) atoms. The number of thiophene rings is 1. The summed E-state index contributed by atoms with van der Waals surface area (Å²) in [4.78, 5) is 33.9. The summed E-state index contributed by atoms with van der Waals surface area (Å²) in [6.45, 7) is 0. The zero-order chi connectivity index (χ0) is 19.5. The lowest BCUT2D eigenvalue weighted by molar-refractivity contribution is -0.113. The van der Waals surface area contributed by atoms with E-state index in [1.165, 1.54) is 39.0 Å². The molecule has 0 saturated carbocycles. The maximum Gasteiger partial charge on any atom is 0.276 e. The maximum absolute atomic E-state index is 13.0. The number of nitrogens with zero attached hydrogens (tertiary/aromatic N) is 3. The Labute approximate surface area is 172 Å². The van der Waals surface area contributed by atoms with E-state index in [-0.39, 0.29) is 17.2 Å². The summed E-state index contributed by atoms with van der Waals surface area (Å²) in [5, 5.41) is 7.35. The molecule has 4 rings (SSSR count). The highest BCUT2D eigenvalue weighted by atomic mass is 32.2. The van der Waals surface area contributed by atoms with E-state index >= 15 is 0 Å². The van der Waals surface area contributed by atoms with Crippen molar-refractivity contribution in [3.8, 4) is 11.4 Å². The number of aromatic nitrogens is 3. The fourth-order valence-electron chi connectivity index (χ4n) is 2.52. The molecule has 0 unspecified atom stereocenters. The molecule has 142 valence electrons. The van der Waals surface area contributed by atoms with Gasteiger partial charge in [-0.15, -0.1) is 22.7 Å². The summed E-state index contributed by atoms with van der Waals surface area (Å²) in [7, 11) is 1.59. The van der Waals surface area contributed by atoms with Crippen molar-refractivity contribution in [2.24, 2.45) is 0 Å². The minimum Gasteiger partial charge on any atom is -0.497 e. The number of rotatable bonds is 6. The number of hydrogen-bond donors (Lipinski definition) is 1. The van der Waals surface area contributed by atoms with Crippen LogP contribution in [0.4, 0.5) is 5.13 Å². The number of carbonyl (C=O) groups is 1. The van der Waals surface area contributed by atoms with Crippen LogP contribution < -0.4 is 15.6 Å². The van der Waals surface area contributed by atoms with Gasteiger partial charge >= 0.3 is 0 Å². The second-order valence-electron chi connectivity index (χ2n) is 5.54. The van der Waals surface area contributed by atoms with Gasteiger partial charge in [0.2, 0.25) is 5.91 Å². The zero-order valence-electron chi connectivity index (χ0n) is 14.6. The Morgan fingerprint density at radius 1 is 1.21 bits per heavy atom. The van der Waals surface area contributed by atoms with Crippen LogP contribution in [0, 0.1) is 0 Å². The van der Waals surface area contributed by atoms with Crippen LogP contribution in [0.2, 0.25) is 0 Å². The summed E-state index contributed by atoms with van der Waals surface area (Å²) in [5.41, 5.74) is 1.13. The molecule has 0 atom stereocenters. The van der Waals surface area contributed by atoms with E-state index < -0.39 is 0 Å². The second-order valence-corrected chi connectivity index (χ2v) is 8.30. The smallest absolute Gasteiger partial charge is 0.276 e. The SMILES string of the molecule is COc1ccc(-n2c(SCC(=O)Nc3nccs3)nc3ccsc3c2=O)cc1. The lowest BCUT2D eigenvalue weighted by Gasteiger charge is -2.12. The van der Waals surface area contributed by atoms with Crippen LogP contribution in [-0.2, 0) is 4.79 Å². The molecule has 0 bridgehead atoms. The van der Waals surface area contributed by atoms with Crippen LogP contribution in [0.15, 0.2) is 57.2 Å². The maximum atomic E-state index is 13.0. The molecule has 0 fully saturated rings. The van der Waals surface area contributed by atoms with Gasteiger partial charge in [-0.1, -0.05) is 11.8 Å². The summed E-state index contributed by atoms with van der Waals surface area (Å²) in [5.74, 6) is 0.595. The normalized spacial score (nSPS) is 10.9. The molecule has 0 aliphatic rings.